The van der Waals surface area contributed by atoms with E-state index in [2.05, 4.69) is 15.6 Å². The van der Waals surface area contributed by atoms with E-state index in [1.807, 2.05) is 54.7 Å². The molecule has 0 spiro atoms. The lowest BCUT2D eigenvalue weighted by atomic mass is 9.86. The van der Waals surface area contributed by atoms with E-state index in [-0.39, 0.29) is 11.8 Å². The zero-order valence-corrected chi connectivity index (χ0v) is 16.3. The minimum atomic E-state index is -0.731. The zero-order valence-electron chi connectivity index (χ0n) is 16.3. The molecule has 29 heavy (non-hydrogen) atoms. The number of hydrogen-bond acceptors (Lipinski definition) is 5. The summed E-state index contributed by atoms with van der Waals surface area (Å²) in [5, 5.41) is 21.5. The molecule has 0 bridgehead atoms. The van der Waals surface area contributed by atoms with Gasteiger partial charge in [-0.2, -0.15) is 0 Å². The van der Waals surface area contributed by atoms with E-state index < -0.39 is 5.97 Å². The molecule has 3 aromatic rings. The number of carbonyl (C=O) groups is 1. The summed E-state index contributed by atoms with van der Waals surface area (Å²) in [6.07, 6.45) is 3.28. The van der Waals surface area contributed by atoms with E-state index >= 15 is 0 Å². The van der Waals surface area contributed by atoms with Gasteiger partial charge in [-0.15, -0.1) is 5.10 Å². The Morgan fingerprint density at radius 1 is 1.31 bits per heavy atom. The number of carboxylic acids is 1. The molecule has 0 aliphatic carbocycles. The van der Waals surface area contributed by atoms with E-state index in [1.165, 1.54) is 0 Å². The molecule has 0 saturated carbocycles. The molecule has 1 aromatic heterocycles. The summed E-state index contributed by atoms with van der Waals surface area (Å²) >= 11 is 0. The maximum Gasteiger partial charge on any atom is 0.307 e. The van der Waals surface area contributed by atoms with Crippen molar-refractivity contribution in [1.82, 2.24) is 20.3 Å². The van der Waals surface area contributed by atoms with Crippen molar-refractivity contribution in [2.24, 2.45) is 11.8 Å². The number of benzene rings is 2. The fraction of sp³-hybridized carbons (Fsp3) is 0.318. The lowest BCUT2D eigenvalue weighted by molar-refractivity contribution is -0.143. The highest BCUT2D eigenvalue weighted by Gasteiger charge is 2.30. The van der Waals surface area contributed by atoms with Gasteiger partial charge in [-0.1, -0.05) is 29.5 Å². The van der Waals surface area contributed by atoms with Gasteiger partial charge in [0.2, 0.25) is 0 Å². The third kappa shape index (κ3) is 4.30. The number of rotatable bonds is 7. The van der Waals surface area contributed by atoms with Crippen molar-refractivity contribution < 1.29 is 14.6 Å². The van der Waals surface area contributed by atoms with Crippen LogP contribution in [0.5, 0.6) is 5.75 Å². The molecule has 1 aliphatic rings. The predicted octanol–water partition coefficient (Wildman–Crippen LogP) is 2.80. The highest BCUT2D eigenvalue weighted by atomic mass is 16.5. The Balaban J connectivity index is 1.56. The summed E-state index contributed by atoms with van der Waals surface area (Å²) in [6, 6.07) is 15.5. The van der Waals surface area contributed by atoms with Gasteiger partial charge in [0.05, 0.1) is 24.9 Å². The molecular weight excluding hydrogens is 368 g/mol. The van der Waals surface area contributed by atoms with E-state index in [0.717, 1.165) is 47.8 Å². The first-order valence-electron chi connectivity index (χ1n) is 9.73. The molecule has 1 saturated heterocycles. The summed E-state index contributed by atoms with van der Waals surface area (Å²) in [7, 11) is 1.63. The van der Waals surface area contributed by atoms with E-state index in [0.29, 0.717) is 6.42 Å². The largest absolute Gasteiger partial charge is 0.497 e. The quantitative estimate of drug-likeness (QED) is 0.643. The summed E-state index contributed by atoms with van der Waals surface area (Å²) in [5.41, 5.74) is 3.51. The third-order valence-electron chi connectivity index (χ3n) is 5.47. The second-order valence-corrected chi connectivity index (χ2v) is 7.35. The Hall–Kier alpha value is -3.19. The highest BCUT2D eigenvalue weighted by molar-refractivity contribution is 5.71. The SMILES string of the molecule is COc1cccc(-c2cn(-c3cccc(C[C@H](C(=O)O)[C@H]4CCNC4)c3)nn2)c1. The number of aliphatic carboxylic acids is 1. The van der Waals surface area contributed by atoms with Crippen molar-refractivity contribution in [3.05, 3.63) is 60.3 Å². The van der Waals surface area contributed by atoms with Gasteiger partial charge < -0.3 is 15.2 Å². The predicted molar refractivity (Wildman–Crippen MR) is 109 cm³/mol. The topological polar surface area (TPSA) is 89.3 Å². The fourth-order valence-corrected chi connectivity index (χ4v) is 3.86. The van der Waals surface area contributed by atoms with Gasteiger partial charge in [0.15, 0.2) is 0 Å². The Bertz CT molecular complexity index is 995. The van der Waals surface area contributed by atoms with E-state index in [9.17, 15) is 9.90 Å². The molecule has 0 amide bonds. The van der Waals surface area contributed by atoms with Gasteiger partial charge in [0.25, 0.3) is 0 Å². The van der Waals surface area contributed by atoms with Gasteiger partial charge in [-0.3, -0.25) is 4.79 Å². The molecule has 0 unspecified atom stereocenters. The number of ether oxygens (including phenoxy) is 1. The lowest BCUT2D eigenvalue weighted by Gasteiger charge is -2.19. The molecule has 0 radical (unpaired) electrons. The van der Waals surface area contributed by atoms with Crippen LogP contribution >= 0.6 is 0 Å². The molecule has 150 valence electrons. The number of aromatic nitrogens is 3. The average Bonchev–Trinajstić information content (AvgIpc) is 3.44. The Morgan fingerprint density at radius 2 is 2.17 bits per heavy atom. The van der Waals surface area contributed by atoms with Gasteiger partial charge >= 0.3 is 5.97 Å². The van der Waals surface area contributed by atoms with Crippen LogP contribution in [0.3, 0.4) is 0 Å². The Kier molecular flexibility index (Phi) is 5.57. The Labute approximate surface area is 169 Å². The first kappa shape index (κ1) is 19.1. The van der Waals surface area contributed by atoms with E-state index in [1.54, 1.807) is 11.8 Å². The van der Waals surface area contributed by atoms with Crippen molar-refractivity contribution in [2.75, 3.05) is 20.2 Å². The van der Waals surface area contributed by atoms with Crippen molar-refractivity contribution in [3.8, 4) is 22.7 Å². The molecule has 2 aromatic carbocycles. The molecule has 1 fully saturated rings. The van der Waals surface area contributed by atoms with Crippen molar-refractivity contribution >= 4 is 5.97 Å². The molecule has 7 nitrogen and oxygen atoms in total. The molecule has 1 aliphatic heterocycles. The summed E-state index contributed by atoms with van der Waals surface area (Å²) in [6.45, 7) is 1.66. The molecule has 2 N–H and O–H groups in total. The monoisotopic (exact) mass is 392 g/mol. The maximum atomic E-state index is 11.8. The average molecular weight is 392 g/mol. The number of carboxylic acid groups (broad SMARTS) is 1. The third-order valence-corrected chi connectivity index (χ3v) is 5.47. The van der Waals surface area contributed by atoms with Gasteiger partial charge in [0, 0.05) is 5.56 Å². The van der Waals surface area contributed by atoms with Crippen LogP contribution in [0.2, 0.25) is 0 Å². The van der Waals surface area contributed by atoms with Crippen LogP contribution in [0.1, 0.15) is 12.0 Å². The minimum absolute atomic E-state index is 0.169. The van der Waals surface area contributed by atoms with Crippen LogP contribution in [0.25, 0.3) is 16.9 Å². The first-order chi connectivity index (χ1) is 14.1. The maximum absolute atomic E-state index is 11.8. The summed E-state index contributed by atoms with van der Waals surface area (Å²) in [4.78, 5) is 11.8. The van der Waals surface area contributed by atoms with Crippen LogP contribution in [0.4, 0.5) is 0 Å². The van der Waals surface area contributed by atoms with Crippen LogP contribution in [-0.2, 0) is 11.2 Å². The normalized spacial score (nSPS) is 17.2. The fourth-order valence-electron chi connectivity index (χ4n) is 3.86. The van der Waals surface area contributed by atoms with Crippen LogP contribution in [-0.4, -0.2) is 46.3 Å². The van der Waals surface area contributed by atoms with Gasteiger partial charge in [-0.25, -0.2) is 4.68 Å². The summed E-state index contributed by atoms with van der Waals surface area (Å²) < 4.78 is 6.99. The van der Waals surface area contributed by atoms with Crippen LogP contribution < -0.4 is 10.1 Å². The number of nitrogens with zero attached hydrogens (tertiary/aromatic N) is 3. The zero-order chi connectivity index (χ0) is 20.2. The van der Waals surface area contributed by atoms with Gasteiger partial charge in [0.1, 0.15) is 11.4 Å². The minimum Gasteiger partial charge on any atom is -0.497 e. The van der Waals surface area contributed by atoms with Gasteiger partial charge in [-0.05, 0) is 61.7 Å². The van der Waals surface area contributed by atoms with Crippen LogP contribution in [0, 0.1) is 11.8 Å². The smallest absolute Gasteiger partial charge is 0.307 e. The molecular formula is C22H24N4O3. The second-order valence-electron chi connectivity index (χ2n) is 7.35. The van der Waals surface area contributed by atoms with Crippen LogP contribution in [0.15, 0.2) is 54.7 Å². The molecule has 2 heterocycles. The molecule has 4 rings (SSSR count). The van der Waals surface area contributed by atoms with Crippen molar-refractivity contribution in [3.63, 3.8) is 0 Å². The lowest BCUT2D eigenvalue weighted by Crippen LogP contribution is -2.27. The number of nitrogens with one attached hydrogen (secondary N) is 1. The molecule has 2 atom stereocenters. The first-order valence-corrected chi connectivity index (χ1v) is 9.73. The Morgan fingerprint density at radius 3 is 2.93 bits per heavy atom. The molecule has 7 heteroatoms. The number of hydrogen-bond donors (Lipinski definition) is 2. The standard InChI is InChI=1S/C22H24N4O3/c1-29-19-7-3-5-16(12-19)21-14-26(25-24-21)18-6-2-4-15(10-18)11-20(22(27)28)17-8-9-23-13-17/h2-7,10,12,14,17,20,23H,8-9,11,13H2,1H3,(H,27,28)/t17-,20-/m0/s1. The highest BCUT2D eigenvalue weighted by Crippen LogP contribution is 2.25. The van der Waals surface area contributed by atoms with Crippen molar-refractivity contribution in [2.45, 2.75) is 12.8 Å². The number of methoxy groups -OCH3 is 1. The van der Waals surface area contributed by atoms with E-state index in [4.69, 9.17) is 4.74 Å². The van der Waals surface area contributed by atoms with Crippen molar-refractivity contribution in [1.29, 1.82) is 0 Å². The second kappa shape index (κ2) is 8.45. The summed E-state index contributed by atoms with van der Waals surface area (Å²) in [5.74, 6) is -0.184.